The first-order valence-corrected chi connectivity index (χ1v) is 7.10. The lowest BCUT2D eigenvalue weighted by Crippen LogP contribution is -2.02. The highest BCUT2D eigenvalue weighted by Crippen LogP contribution is 2.32. The molecular weight excluding hydrogens is 277 g/mol. The van der Waals surface area contributed by atoms with E-state index in [0.717, 1.165) is 5.56 Å². The number of halogens is 2. The fraction of sp³-hybridized carbons (Fsp3) is 0.312. The molecule has 1 heterocycles. The predicted octanol–water partition coefficient (Wildman–Crippen LogP) is 5.18. The molecule has 0 saturated carbocycles. The summed E-state index contributed by atoms with van der Waals surface area (Å²) in [6.45, 7) is 6.32. The standard InChI is InChI=1S/C16H17Cl2N/c1-10-6-11(2)16(12(3)7-10)14(17)8-13-4-5-19-9-15(13)18/h4-7,9,14H,8H2,1-3H3. The van der Waals surface area contributed by atoms with Gasteiger partial charge in [0.15, 0.2) is 0 Å². The minimum atomic E-state index is -0.0690. The van der Waals surface area contributed by atoms with E-state index in [4.69, 9.17) is 23.2 Å². The summed E-state index contributed by atoms with van der Waals surface area (Å²) in [6.07, 6.45) is 4.13. The summed E-state index contributed by atoms with van der Waals surface area (Å²) in [5.74, 6) is 0. The number of alkyl halides is 1. The highest BCUT2D eigenvalue weighted by atomic mass is 35.5. The van der Waals surface area contributed by atoms with Crippen LogP contribution in [0.5, 0.6) is 0 Å². The SMILES string of the molecule is Cc1cc(C)c(C(Cl)Cc2ccncc2Cl)c(C)c1. The second-order valence-corrected chi connectivity index (χ2v) is 5.89. The van der Waals surface area contributed by atoms with E-state index in [2.05, 4.69) is 37.9 Å². The third-order valence-corrected chi connectivity index (χ3v) is 4.02. The van der Waals surface area contributed by atoms with Crippen molar-refractivity contribution >= 4 is 23.2 Å². The van der Waals surface area contributed by atoms with Crippen LogP contribution in [0.15, 0.2) is 30.6 Å². The highest BCUT2D eigenvalue weighted by molar-refractivity contribution is 6.31. The van der Waals surface area contributed by atoms with Crippen LogP contribution in [0.3, 0.4) is 0 Å². The van der Waals surface area contributed by atoms with Gasteiger partial charge >= 0.3 is 0 Å². The van der Waals surface area contributed by atoms with E-state index in [0.29, 0.717) is 11.4 Å². The van der Waals surface area contributed by atoms with Crippen LogP contribution in [-0.4, -0.2) is 4.98 Å². The first-order valence-electron chi connectivity index (χ1n) is 6.29. The van der Waals surface area contributed by atoms with Crippen molar-refractivity contribution in [3.63, 3.8) is 0 Å². The molecule has 0 amide bonds. The summed E-state index contributed by atoms with van der Waals surface area (Å²) in [5.41, 5.74) is 5.99. The Morgan fingerprint density at radius 1 is 1.16 bits per heavy atom. The van der Waals surface area contributed by atoms with E-state index in [1.54, 1.807) is 12.4 Å². The van der Waals surface area contributed by atoms with Crippen molar-refractivity contribution in [3.05, 3.63) is 63.4 Å². The fourth-order valence-corrected chi connectivity index (χ4v) is 3.26. The van der Waals surface area contributed by atoms with Gasteiger partial charge in [0.25, 0.3) is 0 Å². The summed E-state index contributed by atoms with van der Waals surface area (Å²) in [4.78, 5) is 4.00. The van der Waals surface area contributed by atoms with Gasteiger partial charge in [0.2, 0.25) is 0 Å². The Kier molecular flexibility index (Phi) is 4.49. The van der Waals surface area contributed by atoms with Crippen LogP contribution in [0, 0.1) is 20.8 Å². The molecule has 1 aromatic carbocycles. The topological polar surface area (TPSA) is 12.9 Å². The maximum atomic E-state index is 6.60. The molecule has 0 fully saturated rings. The molecule has 0 aliphatic rings. The van der Waals surface area contributed by atoms with Gasteiger partial charge in [-0.3, -0.25) is 4.98 Å². The van der Waals surface area contributed by atoms with E-state index < -0.39 is 0 Å². The molecule has 0 aliphatic heterocycles. The third kappa shape index (κ3) is 3.29. The van der Waals surface area contributed by atoms with E-state index in [1.165, 1.54) is 22.3 Å². The number of pyridine rings is 1. The summed E-state index contributed by atoms with van der Waals surface area (Å²) in [6, 6.07) is 6.27. The number of aryl methyl sites for hydroxylation is 3. The van der Waals surface area contributed by atoms with Crippen molar-refractivity contribution in [2.24, 2.45) is 0 Å². The number of hydrogen-bond acceptors (Lipinski definition) is 1. The molecule has 3 heteroatoms. The Bertz CT molecular complexity index is 570. The predicted molar refractivity (Wildman–Crippen MR) is 82.2 cm³/mol. The molecule has 1 aromatic heterocycles. The number of rotatable bonds is 3. The largest absolute Gasteiger partial charge is 0.263 e. The van der Waals surface area contributed by atoms with E-state index in [9.17, 15) is 0 Å². The molecule has 1 nitrogen and oxygen atoms in total. The van der Waals surface area contributed by atoms with E-state index in [1.807, 2.05) is 6.07 Å². The maximum Gasteiger partial charge on any atom is 0.0631 e. The lowest BCUT2D eigenvalue weighted by molar-refractivity contribution is 0.895. The minimum Gasteiger partial charge on any atom is -0.263 e. The van der Waals surface area contributed by atoms with Crippen LogP contribution in [0.4, 0.5) is 0 Å². The molecule has 0 bridgehead atoms. The van der Waals surface area contributed by atoms with Gasteiger partial charge in [0, 0.05) is 12.4 Å². The van der Waals surface area contributed by atoms with Crippen LogP contribution in [-0.2, 0) is 6.42 Å². The Balaban J connectivity index is 2.31. The van der Waals surface area contributed by atoms with Crippen LogP contribution >= 0.6 is 23.2 Å². The fourth-order valence-electron chi connectivity index (χ4n) is 2.55. The molecule has 2 rings (SSSR count). The lowest BCUT2D eigenvalue weighted by Gasteiger charge is -2.17. The zero-order chi connectivity index (χ0) is 14.0. The number of hydrogen-bond donors (Lipinski definition) is 0. The summed E-state index contributed by atoms with van der Waals surface area (Å²) in [5, 5.41) is 0.607. The van der Waals surface area contributed by atoms with Crippen molar-refractivity contribution in [1.82, 2.24) is 4.98 Å². The zero-order valence-corrected chi connectivity index (χ0v) is 12.9. The number of aromatic nitrogens is 1. The first-order chi connectivity index (χ1) is 8.99. The Labute approximate surface area is 124 Å². The van der Waals surface area contributed by atoms with Crippen molar-refractivity contribution in [3.8, 4) is 0 Å². The molecule has 2 aromatic rings. The Morgan fingerprint density at radius 3 is 2.37 bits per heavy atom. The Hall–Kier alpha value is -1.05. The van der Waals surface area contributed by atoms with Crippen molar-refractivity contribution < 1.29 is 0 Å². The second-order valence-electron chi connectivity index (χ2n) is 4.95. The average Bonchev–Trinajstić information content (AvgIpc) is 2.30. The molecule has 100 valence electrons. The maximum absolute atomic E-state index is 6.60. The van der Waals surface area contributed by atoms with Crippen molar-refractivity contribution in [1.29, 1.82) is 0 Å². The molecule has 0 saturated heterocycles. The Morgan fingerprint density at radius 2 is 1.79 bits per heavy atom. The first kappa shape index (κ1) is 14.4. The van der Waals surface area contributed by atoms with Gasteiger partial charge in [0.05, 0.1) is 10.4 Å². The molecule has 0 radical (unpaired) electrons. The number of benzene rings is 1. The minimum absolute atomic E-state index is 0.0690. The molecule has 0 N–H and O–H groups in total. The summed E-state index contributed by atoms with van der Waals surface area (Å²) < 4.78 is 0. The second kappa shape index (κ2) is 5.94. The molecular formula is C16H17Cl2N. The third-order valence-electron chi connectivity index (χ3n) is 3.31. The lowest BCUT2D eigenvalue weighted by atomic mass is 9.94. The monoisotopic (exact) mass is 293 g/mol. The quantitative estimate of drug-likeness (QED) is 0.710. The van der Waals surface area contributed by atoms with Gasteiger partial charge in [-0.15, -0.1) is 11.6 Å². The zero-order valence-electron chi connectivity index (χ0n) is 11.4. The van der Waals surface area contributed by atoms with Crippen LogP contribution < -0.4 is 0 Å². The van der Waals surface area contributed by atoms with Gasteiger partial charge in [-0.05, 0) is 55.5 Å². The summed E-state index contributed by atoms with van der Waals surface area (Å²) >= 11 is 12.7. The number of nitrogens with zero attached hydrogens (tertiary/aromatic N) is 1. The average molecular weight is 294 g/mol. The van der Waals surface area contributed by atoms with Gasteiger partial charge < -0.3 is 0 Å². The van der Waals surface area contributed by atoms with Crippen molar-refractivity contribution in [2.75, 3.05) is 0 Å². The van der Waals surface area contributed by atoms with Gasteiger partial charge in [-0.1, -0.05) is 29.3 Å². The van der Waals surface area contributed by atoms with Crippen LogP contribution in [0.2, 0.25) is 5.02 Å². The van der Waals surface area contributed by atoms with Crippen LogP contribution in [0.1, 0.15) is 33.2 Å². The molecule has 0 aliphatic carbocycles. The van der Waals surface area contributed by atoms with Gasteiger partial charge in [0.1, 0.15) is 0 Å². The molecule has 19 heavy (non-hydrogen) atoms. The normalized spacial score (nSPS) is 12.5. The van der Waals surface area contributed by atoms with Gasteiger partial charge in [-0.2, -0.15) is 0 Å². The molecule has 0 spiro atoms. The molecule has 1 atom stereocenters. The van der Waals surface area contributed by atoms with Crippen LogP contribution in [0.25, 0.3) is 0 Å². The van der Waals surface area contributed by atoms with Gasteiger partial charge in [-0.25, -0.2) is 0 Å². The van der Waals surface area contributed by atoms with E-state index in [-0.39, 0.29) is 5.38 Å². The summed E-state index contributed by atoms with van der Waals surface area (Å²) in [7, 11) is 0. The molecule has 1 unspecified atom stereocenters. The van der Waals surface area contributed by atoms with Crippen molar-refractivity contribution in [2.45, 2.75) is 32.6 Å². The highest BCUT2D eigenvalue weighted by Gasteiger charge is 2.16. The smallest absolute Gasteiger partial charge is 0.0631 e. The van der Waals surface area contributed by atoms with E-state index >= 15 is 0 Å².